The predicted octanol–water partition coefficient (Wildman–Crippen LogP) is 4.75. The molecule has 1 atom stereocenters. The molecule has 39 heavy (non-hydrogen) atoms. The number of nitrogen functional groups attached to an aromatic ring is 1. The minimum atomic E-state index is -1.19. The van der Waals surface area contributed by atoms with Crippen LogP contribution in [0, 0.1) is 28.8 Å². The summed E-state index contributed by atoms with van der Waals surface area (Å²) in [4.78, 5) is 22.8. The van der Waals surface area contributed by atoms with E-state index in [0.717, 1.165) is 18.6 Å². The van der Waals surface area contributed by atoms with Crippen LogP contribution in [0.5, 0.6) is 11.5 Å². The summed E-state index contributed by atoms with van der Waals surface area (Å²) in [6.45, 7) is 2.37. The van der Waals surface area contributed by atoms with Gasteiger partial charge in [0.1, 0.15) is 41.0 Å². The molecule has 1 fully saturated rings. The molecular formula is C27H22F3N7O2. The van der Waals surface area contributed by atoms with Gasteiger partial charge in [-0.05, 0) is 44.0 Å². The fourth-order valence-electron chi connectivity index (χ4n) is 4.67. The standard InChI is InChI=1S/C27H22F3N7O2/c1-2-15(12-31)27(38)36-10-4-5-16(36)13-37-26-22(25(32)33-14-34-26)24(35-37)18-9-8-17(11-20(18)29)39-21-7-3-6-19(28)23(21)30/h2-3,6-9,11,14,16H,4-5,10,13H2,1H3,(H2,32,33,34)/b15-2+/t16-/m1/s1. The van der Waals surface area contributed by atoms with Crippen LogP contribution >= 0.6 is 0 Å². The second kappa shape index (κ2) is 10.4. The third-order valence-electron chi connectivity index (χ3n) is 6.56. The topological polar surface area (TPSA) is 123 Å². The van der Waals surface area contributed by atoms with Crippen LogP contribution < -0.4 is 10.5 Å². The number of carbonyl (C=O) groups excluding carboxylic acids is 1. The van der Waals surface area contributed by atoms with Crippen LogP contribution in [-0.4, -0.2) is 43.1 Å². The monoisotopic (exact) mass is 533 g/mol. The van der Waals surface area contributed by atoms with Crippen molar-refractivity contribution in [3.8, 4) is 28.8 Å². The summed E-state index contributed by atoms with van der Waals surface area (Å²) in [5.74, 6) is -3.73. The number of fused-ring (bicyclic) bond motifs is 1. The summed E-state index contributed by atoms with van der Waals surface area (Å²) in [7, 11) is 0. The molecule has 1 aliphatic rings. The lowest BCUT2D eigenvalue weighted by atomic mass is 10.1. The Morgan fingerprint density at radius 1 is 1.23 bits per heavy atom. The van der Waals surface area contributed by atoms with Crippen LogP contribution in [0.4, 0.5) is 19.0 Å². The number of nitrogens with two attached hydrogens (primary N) is 1. The van der Waals surface area contributed by atoms with Gasteiger partial charge in [-0.2, -0.15) is 14.8 Å². The molecule has 0 spiro atoms. The van der Waals surface area contributed by atoms with Crippen molar-refractivity contribution in [1.29, 1.82) is 5.26 Å². The molecule has 2 aromatic carbocycles. The molecule has 1 aliphatic heterocycles. The molecular weight excluding hydrogens is 511 g/mol. The Kier molecular flexibility index (Phi) is 6.89. The maximum atomic E-state index is 15.4. The van der Waals surface area contributed by atoms with Gasteiger partial charge in [0.25, 0.3) is 5.91 Å². The van der Waals surface area contributed by atoms with Crippen LogP contribution in [-0.2, 0) is 11.3 Å². The lowest BCUT2D eigenvalue weighted by Gasteiger charge is -2.24. The molecule has 0 unspecified atom stereocenters. The van der Waals surface area contributed by atoms with E-state index in [1.165, 1.54) is 36.7 Å². The summed E-state index contributed by atoms with van der Waals surface area (Å²) in [6.07, 6.45) is 4.18. The maximum absolute atomic E-state index is 15.4. The van der Waals surface area contributed by atoms with E-state index in [9.17, 15) is 18.8 Å². The van der Waals surface area contributed by atoms with Crippen LogP contribution in [0.2, 0.25) is 0 Å². The number of nitriles is 1. The average Bonchev–Trinajstić information content (AvgIpc) is 3.53. The Morgan fingerprint density at radius 3 is 2.79 bits per heavy atom. The van der Waals surface area contributed by atoms with Gasteiger partial charge >= 0.3 is 0 Å². The van der Waals surface area contributed by atoms with Crippen molar-refractivity contribution in [2.75, 3.05) is 12.3 Å². The Balaban J connectivity index is 1.50. The smallest absolute Gasteiger partial charge is 0.264 e. The third kappa shape index (κ3) is 4.74. The zero-order valence-corrected chi connectivity index (χ0v) is 20.7. The van der Waals surface area contributed by atoms with Gasteiger partial charge in [-0.3, -0.25) is 4.79 Å². The van der Waals surface area contributed by atoms with Gasteiger partial charge in [-0.25, -0.2) is 23.4 Å². The van der Waals surface area contributed by atoms with Crippen molar-refractivity contribution >= 4 is 22.8 Å². The van der Waals surface area contributed by atoms with Crippen LogP contribution in [0.15, 0.2) is 54.4 Å². The number of aromatic nitrogens is 4. The number of carbonyl (C=O) groups is 1. The SMILES string of the molecule is C/C=C(\C#N)C(=O)N1CCC[C@@H]1Cn1nc(-c2ccc(Oc3cccc(F)c3F)cc2F)c2c(N)ncnc21. The number of hydrogen-bond acceptors (Lipinski definition) is 7. The zero-order valence-electron chi connectivity index (χ0n) is 20.7. The van der Waals surface area contributed by atoms with Crippen LogP contribution in [0.25, 0.3) is 22.3 Å². The summed E-state index contributed by atoms with van der Waals surface area (Å²) in [5, 5.41) is 14.2. The molecule has 2 N–H and O–H groups in total. The molecule has 0 saturated carbocycles. The van der Waals surface area contributed by atoms with E-state index in [2.05, 4.69) is 15.1 Å². The molecule has 1 amide bonds. The minimum Gasteiger partial charge on any atom is -0.454 e. The van der Waals surface area contributed by atoms with Gasteiger partial charge < -0.3 is 15.4 Å². The van der Waals surface area contributed by atoms with Gasteiger partial charge in [0.05, 0.1) is 18.0 Å². The number of allylic oxidation sites excluding steroid dienone is 1. The fourth-order valence-corrected chi connectivity index (χ4v) is 4.67. The molecule has 0 bridgehead atoms. The van der Waals surface area contributed by atoms with Gasteiger partial charge in [-0.15, -0.1) is 0 Å². The molecule has 0 radical (unpaired) electrons. The number of benzene rings is 2. The third-order valence-corrected chi connectivity index (χ3v) is 6.56. The second-order valence-corrected chi connectivity index (χ2v) is 8.89. The zero-order chi connectivity index (χ0) is 27.7. The lowest BCUT2D eigenvalue weighted by Crippen LogP contribution is -2.39. The van der Waals surface area contributed by atoms with Gasteiger partial charge in [0.15, 0.2) is 17.2 Å². The number of hydrogen-bond donors (Lipinski definition) is 1. The van der Waals surface area contributed by atoms with Crippen molar-refractivity contribution in [3.05, 3.63) is 71.8 Å². The van der Waals surface area contributed by atoms with Crippen molar-refractivity contribution in [2.24, 2.45) is 0 Å². The van der Waals surface area contributed by atoms with Crippen molar-refractivity contribution < 1.29 is 22.7 Å². The Labute approximate surface area is 220 Å². The van der Waals surface area contributed by atoms with Crippen LogP contribution in [0.1, 0.15) is 19.8 Å². The number of ether oxygens (including phenoxy) is 1. The highest BCUT2D eigenvalue weighted by Gasteiger charge is 2.32. The summed E-state index contributed by atoms with van der Waals surface area (Å²) < 4.78 is 49.8. The van der Waals surface area contributed by atoms with E-state index < -0.39 is 17.5 Å². The van der Waals surface area contributed by atoms with Crippen molar-refractivity contribution in [1.82, 2.24) is 24.6 Å². The second-order valence-electron chi connectivity index (χ2n) is 8.89. The van der Waals surface area contributed by atoms with E-state index in [1.807, 2.05) is 6.07 Å². The predicted molar refractivity (Wildman–Crippen MR) is 136 cm³/mol. The Morgan fingerprint density at radius 2 is 2.05 bits per heavy atom. The lowest BCUT2D eigenvalue weighted by molar-refractivity contribution is -0.127. The normalized spacial score (nSPS) is 15.5. The van der Waals surface area contributed by atoms with Gasteiger partial charge in [0, 0.05) is 18.2 Å². The maximum Gasteiger partial charge on any atom is 0.264 e. The highest BCUT2D eigenvalue weighted by atomic mass is 19.2. The molecule has 12 heteroatoms. The first-order valence-corrected chi connectivity index (χ1v) is 12.1. The molecule has 198 valence electrons. The van der Waals surface area contributed by atoms with E-state index in [4.69, 9.17) is 10.5 Å². The molecule has 5 rings (SSSR count). The number of rotatable bonds is 6. The van der Waals surface area contributed by atoms with Crippen molar-refractivity contribution in [3.63, 3.8) is 0 Å². The molecule has 0 aliphatic carbocycles. The number of anilines is 1. The number of amides is 1. The first-order valence-electron chi connectivity index (χ1n) is 12.1. The quantitative estimate of drug-likeness (QED) is 0.280. The molecule has 9 nitrogen and oxygen atoms in total. The number of halogens is 3. The van der Waals surface area contributed by atoms with E-state index in [-0.39, 0.29) is 52.6 Å². The first-order chi connectivity index (χ1) is 18.8. The molecule has 3 heterocycles. The van der Waals surface area contributed by atoms with Crippen LogP contribution in [0.3, 0.4) is 0 Å². The number of likely N-dealkylation sites (tertiary alicyclic amines) is 1. The van der Waals surface area contributed by atoms with Gasteiger partial charge in [0.2, 0.25) is 5.82 Å². The summed E-state index contributed by atoms with van der Waals surface area (Å²) >= 11 is 0. The largest absolute Gasteiger partial charge is 0.454 e. The Bertz CT molecular complexity index is 1660. The highest BCUT2D eigenvalue weighted by Crippen LogP contribution is 2.35. The van der Waals surface area contributed by atoms with E-state index in [1.54, 1.807) is 16.5 Å². The first kappa shape index (κ1) is 25.7. The summed E-state index contributed by atoms with van der Waals surface area (Å²) in [6, 6.07) is 8.92. The molecule has 2 aromatic heterocycles. The van der Waals surface area contributed by atoms with Crippen molar-refractivity contribution in [2.45, 2.75) is 32.4 Å². The van der Waals surface area contributed by atoms with E-state index in [0.29, 0.717) is 24.0 Å². The van der Waals surface area contributed by atoms with E-state index >= 15 is 4.39 Å². The Hall–Kier alpha value is -4.92. The minimum absolute atomic E-state index is 0.0499. The fraction of sp³-hybridized carbons (Fsp3) is 0.222. The average molecular weight is 534 g/mol. The number of nitrogens with zero attached hydrogens (tertiary/aromatic N) is 6. The summed E-state index contributed by atoms with van der Waals surface area (Å²) in [5.41, 5.74) is 6.79. The molecule has 1 saturated heterocycles. The van der Waals surface area contributed by atoms with Gasteiger partial charge in [-0.1, -0.05) is 12.1 Å². The molecule has 4 aromatic rings. The highest BCUT2D eigenvalue weighted by molar-refractivity contribution is 5.99.